The molecule has 3 nitrogen and oxygen atoms in total. The van der Waals surface area contributed by atoms with Gasteiger partial charge in [0.1, 0.15) is 0 Å². The van der Waals surface area contributed by atoms with Crippen LogP contribution in [-0.4, -0.2) is 28.7 Å². The SMILES string of the molecule is CCCCCC1CCN(C(=O)O)C1C(C)(C)C. The van der Waals surface area contributed by atoms with Crippen molar-refractivity contribution in [3.05, 3.63) is 0 Å². The van der Waals surface area contributed by atoms with Crippen LogP contribution in [-0.2, 0) is 0 Å². The van der Waals surface area contributed by atoms with Crippen LogP contribution in [0.3, 0.4) is 0 Å². The molecule has 2 unspecified atom stereocenters. The molecule has 1 fully saturated rings. The van der Waals surface area contributed by atoms with Gasteiger partial charge in [-0.2, -0.15) is 0 Å². The number of hydrogen-bond donors (Lipinski definition) is 1. The zero-order chi connectivity index (χ0) is 13.1. The molecule has 1 amide bonds. The Morgan fingerprint density at radius 1 is 1.35 bits per heavy atom. The number of nitrogens with zero attached hydrogens (tertiary/aromatic N) is 1. The molecule has 0 aliphatic carbocycles. The normalized spacial score (nSPS) is 25.3. The summed E-state index contributed by atoms with van der Waals surface area (Å²) in [7, 11) is 0. The molecule has 0 aromatic rings. The standard InChI is InChI=1S/C14H27NO2/c1-5-6-7-8-11-9-10-15(13(16)17)12(11)14(2,3)4/h11-12H,5-10H2,1-4H3,(H,16,17). The maximum Gasteiger partial charge on any atom is 0.407 e. The Morgan fingerprint density at radius 2 is 2.00 bits per heavy atom. The summed E-state index contributed by atoms with van der Waals surface area (Å²) in [5, 5.41) is 9.26. The molecular weight excluding hydrogens is 214 g/mol. The lowest BCUT2D eigenvalue weighted by molar-refractivity contribution is 0.0889. The molecule has 0 radical (unpaired) electrons. The van der Waals surface area contributed by atoms with E-state index >= 15 is 0 Å². The third-order valence-electron chi connectivity index (χ3n) is 3.83. The van der Waals surface area contributed by atoms with E-state index in [1.54, 1.807) is 4.90 Å². The summed E-state index contributed by atoms with van der Waals surface area (Å²) < 4.78 is 0. The van der Waals surface area contributed by atoms with Gasteiger partial charge in [-0.05, 0) is 24.2 Å². The van der Waals surface area contributed by atoms with E-state index in [1.807, 2.05) is 0 Å². The molecule has 17 heavy (non-hydrogen) atoms. The maximum atomic E-state index is 11.3. The average Bonchev–Trinajstić information content (AvgIpc) is 2.61. The molecule has 1 rings (SSSR count). The first-order chi connectivity index (χ1) is 7.88. The topological polar surface area (TPSA) is 40.5 Å². The van der Waals surface area contributed by atoms with Crippen LogP contribution >= 0.6 is 0 Å². The molecule has 1 aliphatic rings. The number of likely N-dealkylation sites (tertiary alicyclic amines) is 1. The van der Waals surface area contributed by atoms with Gasteiger partial charge in [0.2, 0.25) is 0 Å². The highest BCUT2D eigenvalue weighted by molar-refractivity contribution is 5.66. The monoisotopic (exact) mass is 241 g/mol. The van der Waals surface area contributed by atoms with E-state index in [1.165, 1.54) is 25.7 Å². The zero-order valence-corrected chi connectivity index (χ0v) is 11.7. The lowest BCUT2D eigenvalue weighted by Crippen LogP contribution is -2.45. The largest absolute Gasteiger partial charge is 0.465 e. The van der Waals surface area contributed by atoms with E-state index in [4.69, 9.17) is 0 Å². The molecule has 3 heteroatoms. The van der Waals surface area contributed by atoms with Crippen LogP contribution in [0.5, 0.6) is 0 Å². The Balaban J connectivity index is 2.67. The average molecular weight is 241 g/mol. The van der Waals surface area contributed by atoms with Gasteiger partial charge in [-0.3, -0.25) is 0 Å². The number of unbranched alkanes of at least 4 members (excludes halogenated alkanes) is 2. The van der Waals surface area contributed by atoms with Crippen molar-refractivity contribution in [2.24, 2.45) is 11.3 Å². The van der Waals surface area contributed by atoms with Crippen LogP contribution in [0.4, 0.5) is 4.79 Å². The molecule has 1 saturated heterocycles. The van der Waals surface area contributed by atoms with Gasteiger partial charge < -0.3 is 10.0 Å². The van der Waals surface area contributed by atoms with Crippen LogP contribution in [0, 0.1) is 11.3 Å². The smallest absolute Gasteiger partial charge is 0.407 e. The molecule has 0 spiro atoms. The van der Waals surface area contributed by atoms with Gasteiger partial charge in [0.25, 0.3) is 0 Å². The fraction of sp³-hybridized carbons (Fsp3) is 0.929. The first kappa shape index (κ1) is 14.3. The summed E-state index contributed by atoms with van der Waals surface area (Å²) >= 11 is 0. The summed E-state index contributed by atoms with van der Waals surface area (Å²) in [5.41, 5.74) is 0.0474. The van der Waals surface area contributed by atoms with Crippen LogP contribution in [0.15, 0.2) is 0 Å². The van der Waals surface area contributed by atoms with Gasteiger partial charge >= 0.3 is 6.09 Å². The second-order valence-electron chi connectivity index (χ2n) is 6.33. The quantitative estimate of drug-likeness (QED) is 0.756. The van der Waals surface area contributed by atoms with Crippen molar-refractivity contribution in [2.45, 2.75) is 65.8 Å². The zero-order valence-electron chi connectivity index (χ0n) is 11.7. The lowest BCUT2D eigenvalue weighted by atomic mass is 9.77. The summed E-state index contributed by atoms with van der Waals surface area (Å²) in [6.07, 6.45) is 5.21. The van der Waals surface area contributed by atoms with Crippen molar-refractivity contribution >= 4 is 6.09 Å². The molecule has 1 heterocycles. The molecule has 1 N–H and O–H groups in total. The summed E-state index contributed by atoms with van der Waals surface area (Å²) in [6.45, 7) is 9.40. The van der Waals surface area contributed by atoms with Gasteiger partial charge in [-0.25, -0.2) is 4.79 Å². The Labute approximate surface area is 105 Å². The fourth-order valence-electron chi connectivity index (χ4n) is 3.20. The fourth-order valence-corrected chi connectivity index (χ4v) is 3.20. The molecule has 2 atom stereocenters. The minimum absolute atomic E-state index is 0.0474. The van der Waals surface area contributed by atoms with Crippen LogP contribution in [0.25, 0.3) is 0 Å². The van der Waals surface area contributed by atoms with E-state index in [9.17, 15) is 9.90 Å². The van der Waals surface area contributed by atoms with Gasteiger partial charge in [0, 0.05) is 12.6 Å². The van der Waals surface area contributed by atoms with E-state index in [2.05, 4.69) is 27.7 Å². The highest BCUT2D eigenvalue weighted by Crippen LogP contribution is 2.39. The molecule has 0 bridgehead atoms. The van der Waals surface area contributed by atoms with Gasteiger partial charge in [0.15, 0.2) is 0 Å². The van der Waals surface area contributed by atoms with Gasteiger partial charge in [-0.15, -0.1) is 0 Å². The third-order valence-corrected chi connectivity index (χ3v) is 3.83. The number of hydrogen-bond acceptors (Lipinski definition) is 1. The van der Waals surface area contributed by atoms with E-state index in [-0.39, 0.29) is 11.5 Å². The molecule has 0 aromatic heterocycles. The second kappa shape index (κ2) is 5.74. The molecule has 1 aliphatic heterocycles. The summed E-state index contributed by atoms with van der Waals surface area (Å²) in [5.74, 6) is 0.553. The van der Waals surface area contributed by atoms with E-state index in [0.29, 0.717) is 12.5 Å². The number of amides is 1. The van der Waals surface area contributed by atoms with Crippen molar-refractivity contribution in [2.75, 3.05) is 6.54 Å². The molecule has 100 valence electrons. The minimum Gasteiger partial charge on any atom is -0.465 e. The Kier molecular flexibility index (Phi) is 4.84. The highest BCUT2D eigenvalue weighted by Gasteiger charge is 2.43. The van der Waals surface area contributed by atoms with Crippen molar-refractivity contribution in [1.29, 1.82) is 0 Å². The molecule has 0 saturated carbocycles. The summed E-state index contributed by atoms with van der Waals surface area (Å²) in [6, 6.07) is 0.192. The number of carboxylic acid groups (broad SMARTS) is 1. The van der Waals surface area contributed by atoms with Crippen molar-refractivity contribution in [1.82, 2.24) is 4.90 Å². The van der Waals surface area contributed by atoms with Gasteiger partial charge in [-0.1, -0.05) is 47.0 Å². The highest BCUT2D eigenvalue weighted by atomic mass is 16.4. The number of rotatable bonds is 4. The minimum atomic E-state index is -0.747. The Hall–Kier alpha value is -0.730. The van der Waals surface area contributed by atoms with Crippen molar-refractivity contribution in [3.8, 4) is 0 Å². The van der Waals surface area contributed by atoms with Crippen molar-refractivity contribution in [3.63, 3.8) is 0 Å². The van der Waals surface area contributed by atoms with E-state index < -0.39 is 6.09 Å². The second-order valence-corrected chi connectivity index (χ2v) is 6.33. The van der Waals surface area contributed by atoms with Crippen molar-refractivity contribution < 1.29 is 9.90 Å². The molecule has 0 aromatic carbocycles. The summed E-state index contributed by atoms with van der Waals surface area (Å²) in [4.78, 5) is 12.9. The number of carbonyl (C=O) groups is 1. The van der Waals surface area contributed by atoms with E-state index in [0.717, 1.165) is 6.42 Å². The first-order valence-electron chi connectivity index (χ1n) is 6.87. The lowest BCUT2D eigenvalue weighted by Gasteiger charge is -2.37. The Bertz CT molecular complexity index is 257. The van der Waals surface area contributed by atoms with Crippen LogP contribution < -0.4 is 0 Å². The predicted octanol–water partition coefficient (Wildman–Crippen LogP) is 3.98. The van der Waals surface area contributed by atoms with Crippen LogP contribution in [0.1, 0.15) is 59.8 Å². The predicted molar refractivity (Wildman–Crippen MR) is 70.2 cm³/mol. The third kappa shape index (κ3) is 3.62. The maximum absolute atomic E-state index is 11.3. The van der Waals surface area contributed by atoms with Crippen LogP contribution in [0.2, 0.25) is 0 Å². The first-order valence-corrected chi connectivity index (χ1v) is 6.87. The Morgan fingerprint density at radius 3 is 2.47 bits per heavy atom. The molecular formula is C14H27NO2. The van der Waals surface area contributed by atoms with Gasteiger partial charge in [0.05, 0.1) is 0 Å².